The lowest BCUT2D eigenvalue weighted by Crippen LogP contribution is -2.43. The SMILES string of the molecule is C#CCN1CCC(NC(C)c2ccc(Br)cc2)CC1. The second kappa shape index (κ2) is 7.09. The lowest BCUT2D eigenvalue weighted by Gasteiger charge is -2.33. The van der Waals surface area contributed by atoms with Crippen molar-refractivity contribution in [1.29, 1.82) is 0 Å². The third kappa shape index (κ3) is 4.35. The first-order valence-electron chi connectivity index (χ1n) is 6.86. The summed E-state index contributed by atoms with van der Waals surface area (Å²) >= 11 is 3.47. The van der Waals surface area contributed by atoms with E-state index >= 15 is 0 Å². The van der Waals surface area contributed by atoms with Gasteiger partial charge in [-0.25, -0.2) is 0 Å². The van der Waals surface area contributed by atoms with Crippen LogP contribution < -0.4 is 5.32 Å². The van der Waals surface area contributed by atoms with Crippen molar-refractivity contribution in [2.75, 3.05) is 19.6 Å². The number of benzene rings is 1. The summed E-state index contributed by atoms with van der Waals surface area (Å²) in [6.45, 7) is 5.23. The Balaban J connectivity index is 1.82. The molecule has 1 unspecified atom stereocenters. The van der Waals surface area contributed by atoms with Crippen molar-refractivity contribution in [3.63, 3.8) is 0 Å². The van der Waals surface area contributed by atoms with Gasteiger partial charge in [0.1, 0.15) is 0 Å². The molecule has 2 nitrogen and oxygen atoms in total. The van der Waals surface area contributed by atoms with Crippen LogP contribution in [0.2, 0.25) is 0 Å². The van der Waals surface area contributed by atoms with Gasteiger partial charge in [-0.2, -0.15) is 0 Å². The molecule has 0 saturated carbocycles. The number of hydrogen-bond acceptors (Lipinski definition) is 2. The largest absolute Gasteiger partial charge is 0.307 e. The van der Waals surface area contributed by atoms with Crippen LogP contribution in [0.1, 0.15) is 31.4 Å². The van der Waals surface area contributed by atoms with Crippen LogP contribution in [0.25, 0.3) is 0 Å². The van der Waals surface area contributed by atoms with E-state index in [1.54, 1.807) is 0 Å². The van der Waals surface area contributed by atoms with Gasteiger partial charge in [0.15, 0.2) is 0 Å². The first kappa shape index (κ1) is 14.6. The Hall–Kier alpha value is -0.820. The molecule has 1 aromatic carbocycles. The predicted octanol–water partition coefficient (Wildman–Crippen LogP) is 3.20. The van der Waals surface area contributed by atoms with E-state index in [1.165, 1.54) is 18.4 Å². The molecule has 19 heavy (non-hydrogen) atoms. The number of nitrogens with zero attached hydrogens (tertiary/aromatic N) is 1. The highest BCUT2D eigenvalue weighted by atomic mass is 79.9. The van der Waals surface area contributed by atoms with Crippen molar-refractivity contribution in [1.82, 2.24) is 10.2 Å². The summed E-state index contributed by atoms with van der Waals surface area (Å²) < 4.78 is 1.13. The molecule has 0 amide bonds. The third-order valence-electron chi connectivity index (χ3n) is 3.76. The Bertz CT molecular complexity index is 427. The second-order valence-electron chi connectivity index (χ2n) is 5.19. The molecule has 1 aliphatic rings. The zero-order valence-electron chi connectivity index (χ0n) is 11.4. The molecule has 1 heterocycles. The minimum absolute atomic E-state index is 0.400. The molecule has 2 rings (SSSR count). The van der Waals surface area contributed by atoms with Crippen LogP contribution in [0, 0.1) is 12.3 Å². The zero-order chi connectivity index (χ0) is 13.7. The highest BCUT2D eigenvalue weighted by molar-refractivity contribution is 9.10. The predicted molar refractivity (Wildman–Crippen MR) is 84.0 cm³/mol. The molecule has 0 bridgehead atoms. The van der Waals surface area contributed by atoms with E-state index in [9.17, 15) is 0 Å². The molecule has 1 aliphatic heterocycles. The van der Waals surface area contributed by atoms with Crippen molar-refractivity contribution in [3.05, 3.63) is 34.3 Å². The number of hydrogen-bond donors (Lipinski definition) is 1. The molecular formula is C16H21BrN2. The van der Waals surface area contributed by atoms with Crippen LogP contribution in [0.15, 0.2) is 28.7 Å². The molecule has 1 fully saturated rings. The number of halogens is 1. The molecule has 0 aliphatic carbocycles. The van der Waals surface area contributed by atoms with Crippen molar-refractivity contribution in [3.8, 4) is 12.3 Å². The molecular weight excluding hydrogens is 300 g/mol. The van der Waals surface area contributed by atoms with Gasteiger partial charge in [-0.05, 0) is 37.5 Å². The van der Waals surface area contributed by atoms with Crippen LogP contribution in [-0.2, 0) is 0 Å². The third-order valence-corrected chi connectivity index (χ3v) is 4.29. The van der Waals surface area contributed by atoms with E-state index in [1.807, 2.05) is 0 Å². The molecule has 1 aromatic rings. The quantitative estimate of drug-likeness (QED) is 0.857. The van der Waals surface area contributed by atoms with Gasteiger partial charge in [-0.1, -0.05) is 34.0 Å². The number of terminal acetylenes is 1. The zero-order valence-corrected chi connectivity index (χ0v) is 13.0. The fraction of sp³-hybridized carbons (Fsp3) is 0.500. The Labute approximate surface area is 124 Å². The van der Waals surface area contributed by atoms with E-state index in [2.05, 4.69) is 63.3 Å². The Morgan fingerprint density at radius 3 is 2.58 bits per heavy atom. The standard InChI is InChI=1S/C16H21BrN2/c1-3-10-19-11-8-16(9-12-19)18-13(2)14-4-6-15(17)7-5-14/h1,4-7,13,16,18H,8-12H2,2H3. The molecule has 0 radical (unpaired) electrons. The molecule has 1 atom stereocenters. The Morgan fingerprint density at radius 2 is 2.00 bits per heavy atom. The first-order chi connectivity index (χ1) is 9.19. The summed E-state index contributed by atoms with van der Waals surface area (Å²) in [4.78, 5) is 2.35. The summed E-state index contributed by atoms with van der Waals surface area (Å²) in [5, 5.41) is 3.72. The summed E-state index contributed by atoms with van der Waals surface area (Å²) in [7, 11) is 0. The summed E-state index contributed by atoms with van der Waals surface area (Å²) in [5.41, 5.74) is 1.34. The molecule has 3 heteroatoms. The molecule has 102 valence electrons. The van der Waals surface area contributed by atoms with Crippen molar-refractivity contribution in [2.45, 2.75) is 31.8 Å². The monoisotopic (exact) mass is 320 g/mol. The fourth-order valence-electron chi connectivity index (χ4n) is 2.59. The van der Waals surface area contributed by atoms with Crippen LogP contribution in [0.3, 0.4) is 0 Å². The Morgan fingerprint density at radius 1 is 1.37 bits per heavy atom. The number of likely N-dealkylation sites (tertiary alicyclic amines) is 1. The first-order valence-corrected chi connectivity index (χ1v) is 7.65. The van der Waals surface area contributed by atoms with E-state index in [0.29, 0.717) is 12.1 Å². The minimum Gasteiger partial charge on any atom is -0.307 e. The van der Waals surface area contributed by atoms with E-state index in [0.717, 1.165) is 24.1 Å². The normalized spacial score (nSPS) is 19.0. The average Bonchev–Trinajstić information content (AvgIpc) is 2.42. The van der Waals surface area contributed by atoms with Gasteiger partial charge in [-0.3, -0.25) is 4.90 Å². The molecule has 1 N–H and O–H groups in total. The van der Waals surface area contributed by atoms with Crippen LogP contribution in [0.4, 0.5) is 0 Å². The van der Waals surface area contributed by atoms with E-state index < -0.39 is 0 Å². The van der Waals surface area contributed by atoms with Crippen LogP contribution >= 0.6 is 15.9 Å². The van der Waals surface area contributed by atoms with Gasteiger partial charge >= 0.3 is 0 Å². The summed E-state index contributed by atoms with van der Waals surface area (Å²) in [5.74, 6) is 2.73. The van der Waals surface area contributed by atoms with Crippen molar-refractivity contribution in [2.24, 2.45) is 0 Å². The number of rotatable bonds is 4. The topological polar surface area (TPSA) is 15.3 Å². The highest BCUT2D eigenvalue weighted by Gasteiger charge is 2.20. The maximum atomic E-state index is 5.35. The van der Waals surface area contributed by atoms with Crippen LogP contribution in [-0.4, -0.2) is 30.6 Å². The maximum absolute atomic E-state index is 5.35. The number of piperidine rings is 1. The summed E-state index contributed by atoms with van der Waals surface area (Å²) in [6, 6.07) is 9.56. The van der Waals surface area contributed by atoms with Gasteiger partial charge in [0, 0.05) is 29.6 Å². The van der Waals surface area contributed by atoms with Crippen LogP contribution in [0.5, 0.6) is 0 Å². The number of nitrogens with one attached hydrogen (secondary N) is 1. The molecule has 0 spiro atoms. The lowest BCUT2D eigenvalue weighted by atomic mass is 10.0. The smallest absolute Gasteiger partial charge is 0.0598 e. The lowest BCUT2D eigenvalue weighted by molar-refractivity contribution is 0.211. The van der Waals surface area contributed by atoms with E-state index in [4.69, 9.17) is 6.42 Å². The van der Waals surface area contributed by atoms with Gasteiger partial charge in [0.2, 0.25) is 0 Å². The van der Waals surface area contributed by atoms with Gasteiger partial charge < -0.3 is 5.32 Å². The second-order valence-corrected chi connectivity index (χ2v) is 6.11. The summed E-state index contributed by atoms with van der Waals surface area (Å²) in [6.07, 6.45) is 7.72. The average molecular weight is 321 g/mol. The van der Waals surface area contributed by atoms with Gasteiger partial charge in [-0.15, -0.1) is 6.42 Å². The fourth-order valence-corrected chi connectivity index (χ4v) is 2.85. The molecule has 0 aromatic heterocycles. The van der Waals surface area contributed by atoms with Gasteiger partial charge in [0.05, 0.1) is 6.54 Å². The minimum atomic E-state index is 0.400. The maximum Gasteiger partial charge on any atom is 0.0598 e. The van der Waals surface area contributed by atoms with E-state index in [-0.39, 0.29) is 0 Å². The van der Waals surface area contributed by atoms with Crippen molar-refractivity contribution >= 4 is 15.9 Å². The molecule has 1 saturated heterocycles. The van der Waals surface area contributed by atoms with Crippen molar-refractivity contribution < 1.29 is 0 Å². The highest BCUT2D eigenvalue weighted by Crippen LogP contribution is 2.19. The Kier molecular flexibility index (Phi) is 5.45. The van der Waals surface area contributed by atoms with Gasteiger partial charge in [0.25, 0.3) is 0 Å².